The first-order valence-electron chi connectivity index (χ1n) is 8.14. The normalized spacial score (nSPS) is 10.4. The van der Waals surface area contributed by atoms with E-state index in [4.69, 9.17) is 13.9 Å². The largest absolute Gasteiger partial charge is 0.497 e. The molecule has 1 amide bonds. The Morgan fingerprint density at radius 2 is 1.81 bits per heavy atom. The Morgan fingerprint density at radius 1 is 1.08 bits per heavy atom. The van der Waals surface area contributed by atoms with Gasteiger partial charge in [0, 0.05) is 17.7 Å². The Balaban J connectivity index is 1.74. The Morgan fingerprint density at radius 3 is 2.50 bits per heavy atom. The van der Waals surface area contributed by atoms with Gasteiger partial charge in [0.1, 0.15) is 17.3 Å². The van der Waals surface area contributed by atoms with Crippen LogP contribution in [0.1, 0.15) is 21.8 Å². The van der Waals surface area contributed by atoms with Crippen LogP contribution in [-0.4, -0.2) is 25.1 Å². The molecule has 1 aromatic heterocycles. The molecule has 1 N–H and O–H groups in total. The molecule has 0 spiro atoms. The SMILES string of the molecule is COc1ccc(-c2nc(C(=O)NCc3ccccc3OC)c(C)o2)cc1. The third kappa shape index (κ3) is 3.69. The number of amides is 1. The van der Waals surface area contributed by atoms with Crippen LogP contribution in [0.5, 0.6) is 11.5 Å². The highest BCUT2D eigenvalue weighted by Gasteiger charge is 2.18. The van der Waals surface area contributed by atoms with Crippen molar-refractivity contribution in [3.63, 3.8) is 0 Å². The van der Waals surface area contributed by atoms with Crippen molar-refractivity contribution in [1.82, 2.24) is 10.3 Å². The van der Waals surface area contributed by atoms with Gasteiger partial charge < -0.3 is 19.2 Å². The number of hydrogen-bond acceptors (Lipinski definition) is 5. The summed E-state index contributed by atoms with van der Waals surface area (Å²) in [6.45, 7) is 2.06. The summed E-state index contributed by atoms with van der Waals surface area (Å²) in [5.74, 6) is 2.04. The lowest BCUT2D eigenvalue weighted by Crippen LogP contribution is -2.24. The molecule has 0 aliphatic rings. The Kier molecular flexibility index (Phi) is 5.22. The maximum Gasteiger partial charge on any atom is 0.273 e. The second kappa shape index (κ2) is 7.74. The van der Waals surface area contributed by atoms with Crippen molar-refractivity contribution in [3.05, 3.63) is 65.5 Å². The van der Waals surface area contributed by atoms with Crippen LogP contribution in [0.4, 0.5) is 0 Å². The van der Waals surface area contributed by atoms with E-state index < -0.39 is 0 Å². The number of carbonyl (C=O) groups excluding carboxylic acids is 1. The number of benzene rings is 2. The fraction of sp³-hybridized carbons (Fsp3) is 0.200. The van der Waals surface area contributed by atoms with Gasteiger partial charge in [-0.15, -0.1) is 0 Å². The molecule has 3 rings (SSSR count). The van der Waals surface area contributed by atoms with E-state index in [9.17, 15) is 4.79 Å². The Bertz CT molecular complexity index is 900. The summed E-state index contributed by atoms with van der Waals surface area (Å²) in [6.07, 6.45) is 0. The number of methoxy groups -OCH3 is 2. The summed E-state index contributed by atoms with van der Waals surface area (Å²) in [5, 5.41) is 2.85. The molecule has 6 nitrogen and oxygen atoms in total. The standard InChI is InChI=1S/C20H20N2O4/c1-13-18(19(23)21-12-15-6-4-5-7-17(15)25-3)22-20(26-13)14-8-10-16(24-2)11-9-14/h4-11H,12H2,1-3H3,(H,21,23). The Labute approximate surface area is 151 Å². The molecule has 134 valence electrons. The number of ether oxygens (including phenoxy) is 2. The third-order valence-electron chi connectivity index (χ3n) is 3.98. The van der Waals surface area contributed by atoms with Gasteiger partial charge >= 0.3 is 0 Å². The molecule has 0 bridgehead atoms. The van der Waals surface area contributed by atoms with Crippen LogP contribution in [0.3, 0.4) is 0 Å². The second-order valence-electron chi connectivity index (χ2n) is 5.65. The summed E-state index contributed by atoms with van der Waals surface area (Å²) < 4.78 is 16.1. The summed E-state index contributed by atoms with van der Waals surface area (Å²) >= 11 is 0. The topological polar surface area (TPSA) is 73.6 Å². The fourth-order valence-electron chi connectivity index (χ4n) is 2.57. The lowest BCUT2D eigenvalue weighted by molar-refractivity contribution is 0.0945. The van der Waals surface area contributed by atoms with Crippen LogP contribution in [-0.2, 0) is 6.54 Å². The van der Waals surface area contributed by atoms with Crippen molar-refractivity contribution in [1.29, 1.82) is 0 Å². The Hall–Kier alpha value is -3.28. The van der Waals surface area contributed by atoms with E-state index in [-0.39, 0.29) is 11.6 Å². The molecule has 0 fully saturated rings. The minimum atomic E-state index is -0.295. The fourth-order valence-corrected chi connectivity index (χ4v) is 2.57. The highest BCUT2D eigenvalue weighted by atomic mass is 16.5. The minimum absolute atomic E-state index is 0.269. The quantitative estimate of drug-likeness (QED) is 0.734. The van der Waals surface area contributed by atoms with Crippen molar-refractivity contribution < 1.29 is 18.7 Å². The van der Waals surface area contributed by atoms with E-state index in [1.807, 2.05) is 48.5 Å². The smallest absolute Gasteiger partial charge is 0.273 e. The summed E-state index contributed by atoms with van der Waals surface area (Å²) in [5.41, 5.74) is 1.93. The van der Waals surface area contributed by atoms with Gasteiger partial charge in [-0.05, 0) is 37.3 Å². The summed E-state index contributed by atoms with van der Waals surface area (Å²) in [7, 11) is 3.21. The first-order valence-corrected chi connectivity index (χ1v) is 8.14. The number of nitrogens with one attached hydrogen (secondary N) is 1. The molecular formula is C20H20N2O4. The minimum Gasteiger partial charge on any atom is -0.497 e. The highest BCUT2D eigenvalue weighted by Crippen LogP contribution is 2.24. The molecular weight excluding hydrogens is 332 g/mol. The zero-order valence-electron chi connectivity index (χ0n) is 14.9. The van der Waals surface area contributed by atoms with E-state index in [1.54, 1.807) is 21.1 Å². The van der Waals surface area contributed by atoms with Crippen molar-refractivity contribution in [2.75, 3.05) is 14.2 Å². The number of carbonyl (C=O) groups is 1. The molecule has 3 aromatic rings. The van der Waals surface area contributed by atoms with Gasteiger partial charge in [0.05, 0.1) is 14.2 Å². The lowest BCUT2D eigenvalue weighted by Gasteiger charge is -2.08. The molecule has 2 aromatic carbocycles. The molecule has 0 radical (unpaired) electrons. The zero-order chi connectivity index (χ0) is 18.5. The van der Waals surface area contributed by atoms with E-state index in [0.717, 1.165) is 22.6 Å². The molecule has 6 heteroatoms. The van der Waals surface area contributed by atoms with Gasteiger partial charge in [-0.3, -0.25) is 4.79 Å². The monoisotopic (exact) mass is 352 g/mol. The van der Waals surface area contributed by atoms with Crippen LogP contribution >= 0.6 is 0 Å². The number of nitrogens with zero attached hydrogens (tertiary/aromatic N) is 1. The number of aryl methyl sites for hydroxylation is 1. The van der Waals surface area contributed by atoms with Crippen LogP contribution < -0.4 is 14.8 Å². The molecule has 0 aliphatic heterocycles. The number of para-hydroxylation sites is 1. The highest BCUT2D eigenvalue weighted by molar-refractivity contribution is 5.93. The predicted molar refractivity (Wildman–Crippen MR) is 97.4 cm³/mol. The van der Waals surface area contributed by atoms with Gasteiger partial charge in [0.25, 0.3) is 5.91 Å². The van der Waals surface area contributed by atoms with Gasteiger partial charge in [-0.25, -0.2) is 4.98 Å². The lowest BCUT2D eigenvalue weighted by atomic mass is 10.2. The average Bonchev–Trinajstić information content (AvgIpc) is 3.08. The van der Waals surface area contributed by atoms with Gasteiger partial charge in [0.15, 0.2) is 5.69 Å². The molecule has 0 aliphatic carbocycles. The first kappa shape index (κ1) is 17.5. The number of rotatable bonds is 6. The molecule has 0 unspecified atom stereocenters. The molecule has 1 heterocycles. The third-order valence-corrected chi connectivity index (χ3v) is 3.98. The second-order valence-corrected chi connectivity index (χ2v) is 5.65. The van der Waals surface area contributed by atoms with Gasteiger partial charge in [0.2, 0.25) is 5.89 Å². The maximum absolute atomic E-state index is 12.5. The summed E-state index contributed by atoms with van der Waals surface area (Å²) in [4.78, 5) is 16.8. The van der Waals surface area contributed by atoms with E-state index in [2.05, 4.69) is 10.3 Å². The van der Waals surface area contributed by atoms with Crippen molar-refractivity contribution in [2.45, 2.75) is 13.5 Å². The van der Waals surface area contributed by atoms with Gasteiger partial charge in [-0.2, -0.15) is 0 Å². The zero-order valence-corrected chi connectivity index (χ0v) is 14.9. The summed E-state index contributed by atoms with van der Waals surface area (Å²) in [6, 6.07) is 14.8. The maximum atomic E-state index is 12.5. The van der Waals surface area contributed by atoms with Crippen LogP contribution in [0.25, 0.3) is 11.5 Å². The van der Waals surface area contributed by atoms with Crippen molar-refractivity contribution in [3.8, 4) is 23.0 Å². The van der Waals surface area contributed by atoms with Gasteiger partial charge in [-0.1, -0.05) is 18.2 Å². The van der Waals surface area contributed by atoms with E-state index in [1.165, 1.54) is 0 Å². The molecule has 0 saturated carbocycles. The van der Waals surface area contributed by atoms with Crippen molar-refractivity contribution in [2.24, 2.45) is 0 Å². The molecule has 26 heavy (non-hydrogen) atoms. The number of oxazole rings is 1. The number of hydrogen-bond donors (Lipinski definition) is 1. The first-order chi connectivity index (χ1) is 12.6. The predicted octanol–water partition coefficient (Wildman–Crippen LogP) is 3.60. The molecule has 0 saturated heterocycles. The van der Waals surface area contributed by atoms with Crippen molar-refractivity contribution >= 4 is 5.91 Å². The molecule has 0 atom stereocenters. The van der Waals surface area contributed by atoms with Crippen LogP contribution in [0.15, 0.2) is 52.9 Å². The van der Waals surface area contributed by atoms with Crippen LogP contribution in [0.2, 0.25) is 0 Å². The average molecular weight is 352 g/mol. The van der Waals surface area contributed by atoms with E-state index in [0.29, 0.717) is 18.2 Å². The van der Waals surface area contributed by atoms with E-state index >= 15 is 0 Å². The van der Waals surface area contributed by atoms with Crippen LogP contribution in [0, 0.1) is 6.92 Å². The number of aromatic nitrogens is 1.